The maximum Gasteiger partial charge on any atom is 0.128 e. The van der Waals surface area contributed by atoms with E-state index in [0.29, 0.717) is 29.2 Å². The molecule has 2 N–H and O–H groups in total. The molecule has 1 atom stereocenters. The Hall–Kier alpha value is -3.02. The van der Waals surface area contributed by atoms with Crippen LogP contribution in [0.2, 0.25) is 0 Å². The zero-order valence-corrected chi connectivity index (χ0v) is 16.1. The smallest absolute Gasteiger partial charge is 0.128 e. The number of hydrogen-bond acceptors (Lipinski definition) is 6. The fourth-order valence-corrected chi connectivity index (χ4v) is 2.38. The molecule has 0 aliphatic heterocycles. The van der Waals surface area contributed by atoms with Gasteiger partial charge in [-0.2, -0.15) is 0 Å². The van der Waals surface area contributed by atoms with E-state index in [1.807, 2.05) is 0 Å². The second-order valence-corrected chi connectivity index (χ2v) is 6.43. The van der Waals surface area contributed by atoms with Crippen LogP contribution < -0.4 is 9.47 Å². The summed E-state index contributed by atoms with van der Waals surface area (Å²) in [6.45, 7) is 4.60. The van der Waals surface area contributed by atoms with Crippen molar-refractivity contribution >= 4 is 12.4 Å². The number of aromatic hydroxyl groups is 2. The van der Waals surface area contributed by atoms with E-state index in [-0.39, 0.29) is 23.5 Å². The standard InChI is InChI=1S/C21H26N2O4/c1-14(2)19(23-12-16-6-8-18(27-4)10-21(16)25)13-22-11-15-5-7-17(26-3)9-20(15)24/h5-12,14,19,24-25H,13H2,1-4H3/t19-/m1/s1. The van der Waals surface area contributed by atoms with Crippen LogP contribution >= 0.6 is 0 Å². The maximum absolute atomic E-state index is 10.0. The van der Waals surface area contributed by atoms with Crippen LogP contribution in [0.15, 0.2) is 46.4 Å². The highest BCUT2D eigenvalue weighted by Crippen LogP contribution is 2.23. The largest absolute Gasteiger partial charge is 0.507 e. The fourth-order valence-electron chi connectivity index (χ4n) is 2.38. The fraction of sp³-hybridized carbons (Fsp3) is 0.333. The molecule has 2 aromatic rings. The molecule has 0 saturated carbocycles. The average Bonchev–Trinajstić information content (AvgIpc) is 2.65. The molecule has 0 radical (unpaired) electrons. The van der Waals surface area contributed by atoms with Crippen LogP contribution in [0.1, 0.15) is 25.0 Å². The lowest BCUT2D eigenvalue weighted by Crippen LogP contribution is -2.17. The van der Waals surface area contributed by atoms with Crippen molar-refractivity contribution in [2.24, 2.45) is 15.9 Å². The van der Waals surface area contributed by atoms with Gasteiger partial charge in [-0.25, -0.2) is 0 Å². The highest BCUT2D eigenvalue weighted by atomic mass is 16.5. The first-order valence-electron chi connectivity index (χ1n) is 8.71. The molecule has 0 amide bonds. The Morgan fingerprint density at radius 1 is 0.889 bits per heavy atom. The molecule has 2 aromatic carbocycles. The summed E-state index contributed by atoms with van der Waals surface area (Å²) in [5.74, 6) is 1.68. The van der Waals surface area contributed by atoms with E-state index in [1.54, 1.807) is 63.0 Å². The summed E-state index contributed by atoms with van der Waals surface area (Å²) >= 11 is 0. The molecule has 0 aliphatic rings. The van der Waals surface area contributed by atoms with Gasteiger partial charge in [-0.1, -0.05) is 13.8 Å². The third-order valence-electron chi connectivity index (χ3n) is 4.17. The summed E-state index contributed by atoms with van der Waals surface area (Å²) < 4.78 is 10.2. The zero-order valence-electron chi connectivity index (χ0n) is 16.1. The van der Waals surface area contributed by atoms with Gasteiger partial charge in [-0.15, -0.1) is 0 Å². The minimum atomic E-state index is -0.0526. The molecule has 27 heavy (non-hydrogen) atoms. The van der Waals surface area contributed by atoms with Crippen molar-refractivity contribution in [2.75, 3.05) is 20.8 Å². The summed E-state index contributed by atoms with van der Waals surface area (Å²) in [4.78, 5) is 8.99. The molecular weight excluding hydrogens is 344 g/mol. The Morgan fingerprint density at radius 2 is 1.41 bits per heavy atom. The number of methoxy groups -OCH3 is 2. The van der Waals surface area contributed by atoms with Crippen LogP contribution in [0.25, 0.3) is 0 Å². The van der Waals surface area contributed by atoms with E-state index in [9.17, 15) is 10.2 Å². The second kappa shape index (κ2) is 9.62. The Balaban J connectivity index is 2.07. The normalized spacial score (nSPS) is 12.8. The molecule has 144 valence electrons. The number of aliphatic imine (C=N–C) groups is 2. The van der Waals surface area contributed by atoms with E-state index in [0.717, 1.165) is 0 Å². The van der Waals surface area contributed by atoms with Gasteiger partial charge in [-0.05, 0) is 30.2 Å². The van der Waals surface area contributed by atoms with E-state index in [1.165, 1.54) is 0 Å². The first kappa shape index (κ1) is 20.3. The van der Waals surface area contributed by atoms with E-state index in [4.69, 9.17) is 9.47 Å². The van der Waals surface area contributed by atoms with E-state index >= 15 is 0 Å². The van der Waals surface area contributed by atoms with Crippen molar-refractivity contribution in [1.82, 2.24) is 0 Å². The lowest BCUT2D eigenvalue weighted by Gasteiger charge is -2.14. The van der Waals surface area contributed by atoms with Gasteiger partial charge in [0.1, 0.15) is 23.0 Å². The monoisotopic (exact) mass is 370 g/mol. The number of ether oxygens (including phenoxy) is 2. The van der Waals surface area contributed by atoms with Crippen LogP contribution in [0.4, 0.5) is 0 Å². The lowest BCUT2D eigenvalue weighted by molar-refractivity contribution is 0.407. The average molecular weight is 370 g/mol. The van der Waals surface area contributed by atoms with Crippen molar-refractivity contribution in [3.8, 4) is 23.0 Å². The van der Waals surface area contributed by atoms with Gasteiger partial charge in [-0.3, -0.25) is 9.98 Å². The summed E-state index contributed by atoms with van der Waals surface area (Å²) in [5.41, 5.74) is 1.24. The molecule has 0 saturated heterocycles. The number of hydrogen-bond donors (Lipinski definition) is 2. The van der Waals surface area contributed by atoms with Crippen molar-refractivity contribution < 1.29 is 19.7 Å². The molecule has 0 unspecified atom stereocenters. The summed E-state index contributed by atoms with van der Waals surface area (Å²) in [5, 5.41) is 20.0. The quantitative estimate of drug-likeness (QED) is 0.695. The first-order chi connectivity index (χ1) is 12.9. The maximum atomic E-state index is 10.0. The zero-order chi connectivity index (χ0) is 19.8. The van der Waals surface area contributed by atoms with Crippen molar-refractivity contribution in [3.63, 3.8) is 0 Å². The molecular formula is C21H26N2O4. The predicted octanol–water partition coefficient (Wildman–Crippen LogP) is 3.68. The Kier molecular flexibility index (Phi) is 7.23. The first-order valence-corrected chi connectivity index (χ1v) is 8.71. The number of benzene rings is 2. The van der Waals surface area contributed by atoms with Crippen molar-refractivity contribution in [1.29, 1.82) is 0 Å². The third-order valence-corrected chi connectivity index (χ3v) is 4.17. The minimum absolute atomic E-state index is 0.0526. The third kappa shape index (κ3) is 5.74. The van der Waals surface area contributed by atoms with Crippen LogP contribution in [-0.2, 0) is 0 Å². The highest BCUT2D eigenvalue weighted by Gasteiger charge is 2.11. The number of phenolic OH excluding ortho intramolecular Hbond substituents is 2. The molecule has 0 aliphatic carbocycles. The van der Waals surface area contributed by atoms with E-state index < -0.39 is 0 Å². The number of phenols is 2. The summed E-state index contributed by atoms with van der Waals surface area (Å²) in [6.07, 6.45) is 3.28. The predicted molar refractivity (Wildman–Crippen MR) is 108 cm³/mol. The number of nitrogens with zero attached hydrogens (tertiary/aromatic N) is 2. The summed E-state index contributed by atoms with van der Waals surface area (Å²) in [7, 11) is 3.10. The van der Waals surface area contributed by atoms with Gasteiger partial charge in [0.25, 0.3) is 0 Å². The van der Waals surface area contributed by atoms with Gasteiger partial charge in [0.05, 0.1) is 26.8 Å². The number of rotatable bonds is 8. The Bertz CT molecular complexity index is 816. The van der Waals surface area contributed by atoms with Crippen LogP contribution in [-0.4, -0.2) is 49.4 Å². The Morgan fingerprint density at radius 3 is 1.85 bits per heavy atom. The topological polar surface area (TPSA) is 83.6 Å². The van der Waals surface area contributed by atoms with Crippen molar-refractivity contribution in [2.45, 2.75) is 19.9 Å². The van der Waals surface area contributed by atoms with E-state index in [2.05, 4.69) is 23.8 Å². The second-order valence-electron chi connectivity index (χ2n) is 6.43. The molecule has 0 fully saturated rings. The van der Waals surface area contributed by atoms with Crippen molar-refractivity contribution in [3.05, 3.63) is 47.5 Å². The molecule has 0 bridgehead atoms. The van der Waals surface area contributed by atoms with Gasteiger partial charge in [0.15, 0.2) is 0 Å². The minimum Gasteiger partial charge on any atom is -0.507 e. The molecule has 0 spiro atoms. The molecule has 2 rings (SSSR count). The van der Waals surface area contributed by atoms with Gasteiger partial charge < -0.3 is 19.7 Å². The molecule has 0 heterocycles. The van der Waals surface area contributed by atoms with Crippen LogP contribution in [0, 0.1) is 5.92 Å². The van der Waals surface area contributed by atoms with Gasteiger partial charge >= 0.3 is 0 Å². The molecule has 0 aromatic heterocycles. The van der Waals surface area contributed by atoms with Crippen LogP contribution in [0.5, 0.6) is 23.0 Å². The summed E-state index contributed by atoms with van der Waals surface area (Å²) in [6, 6.07) is 10.1. The Labute approximate surface area is 159 Å². The SMILES string of the molecule is COc1ccc(C=NC[C@@H](N=Cc2ccc(OC)cc2O)C(C)C)c(O)c1. The van der Waals surface area contributed by atoms with Crippen LogP contribution in [0.3, 0.4) is 0 Å². The molecule has 6 heteroatoms. The highest BCUT2D eigenvalue weighted by molar-refractivity contribution is 5.84. The molecule has 6 nitrogen and oxygen atoms in total. The van der Waals surface area contributed by atoms with Gasteiger partial charge in [0, 0.05) is 35.7 Å². The lowest BCUT2D eigenvalue weighted by atomic mass is 10.1. The van der Waals surface area contributed by atoms with Gasteiger partial charge in [0.2, 0.25) is 0 Å².